The third-order valence-electron chi connectivity index (χ3n) is 3.93. The summed E-state index contributed by atoms with van der Waals surface area (Å²) in [6.45, 7) is 4.31. The van der Waals surface area contributed by atoms with Gasteiger partial charge in [0.25, 0.3) is 0 Å². The molecule has 26 heavy (non-hydrogen) atoms. The molecule has 134 valence electrons. The summed E-state index contributed by atoms with van der Waals surface area (Å²) in [6.07, 6.45) is 1.43. The Morgan fingerprint density at radius 2 is 1.58 bits per heavy atom. The maximum atomic E-state index is 6.22. The lowest BCUT2D eigenvalue weighted by Crippen LogP contribution is -2.05. The summed E-state index contributed by atoms with van der Waals surface area (Å²) in [6, 6.07) is 13.5. The first-order chi connectivity index (χ1) is 12.5. The van der Waals surface area contributed by atoms with E-state index in [4.69, 9.17) is 28.9 Å². The summed E-state index contributed by atoms with van der Waals surface area (Å²) in [4.78, 5) is 8.42. The van der Waals surface area contributed by atoms with E-state index >= 15 is 0 Å². The van der Waals surface area contributed by atoms with E-state index in [-0.39, 0.29) is 0 Å². The zero-order valence-corrected chi connectivity index (χ0v) is 15.9. The smallest absolute Gasteiger partial charge is 0.159 e. The van der Waals surface area contributed by atoms with Crippen LogP contribution < -0.4 is 16.4 Å². The Morgan fingerprint density at radius 3 is 2.23 bits per heavy atom. The molecule has 4 N–H and O–H groups in total. The van der Waals surface area contributed by atoms with Gasteiger partial charge in [0, 0.05) is 5.69 Å². The van der Waals surface area contributed by atoms with E-state index in [9.17, 15) is 0 Å². The highest BCUT2D eigenvalue weighted by molar-refractivity contribution is 6.43. The second-order valence-corrected chi connectivity index (χ2v) is 6.90. The van der Waals surface area contributed by atoms with Crippen LogP contribution in [0.2, 0.25) is 10.0 Å². The predicted molar refractivity (Wildman–Crippen MR) is 110 cm³/mol. The van der Waals surface area contributed by atoms with Crippen molar-refractivity contribution in [3.8, 4) is 0 Å². The van der Waals surface area contributed by atoms with Crippen LogP contribution in [-0.2, 0) is 0 Å². The van der Waals surface area contributed by atoms with Gasteiger partial charge in [0.1, 0.15) is 12.0 Å². The van der Waals surface area contributed by atoms with E-state index in [0.29, 0.717) is 39.0 Å². The van der Waals surface area contributed by atoms with Gasteiger partial charge in [-0.05, 0) is 35.7 Å². The molecule has 5 nitrogen and oxygen atoms in total. The Bertz CT molecular complexity index is 910. The number of hydrogen-bond donors (Lipinski definition) is 3. The molecule has 0 aliphatic carbocycles. The topological polar surface area (TPSA) is 75.9 Å². The fraction of sp³-hybridized carbons (Fsp3) is 0.158. The van der Waals surface area contributed by atoms with Crippen molar-refractivity contribution in [3.05, 3.63) is 64.4 Å². The molecule has 2 aromatic carbocycles. The number of aromatic nitrogens is 2. The van der Waals surface area contributed by atoms with Crippen molar-refractivity contribution < 1.29 is 0 Å². The van der Waals surface area contributed by atoms with Crippen LogP contribution in [0.25, 0.3) is 0 Å². The van der Waals surface area contributed by atoms with Crippen molar-refractivity contribution >= 4 is 51.9 Å². The summed E-state index contributed by atoms with van der Waals surface area (Å²) in [7, 11) is 0. The largest absolute Gasteiger partial charge is 0.393 e. The number of halogens is 2. The molecule has 3 rings (SSSR count). The van der Waals surface area contributed by atoms with E-state index in [1.54, 1.807) is 18.2 Å². The number of benzene rings is 2. The minimum atomic E-state index is 0.386. The zero-order valence-electron chi connectivity index (χ0n) is 14.4. The van der Waals surface area contributed by atoms with Gasteiger partial charge in [0.05, 0.1) is 15.7 Å². The number of rotatable bonds is 5. The average Bonchev–Trinajstić information content (AvgIpc) is 2.62. The van der Waals surface area contributed by atoms with Gasteiger partial charge in [0.15, 0.2) is 11.6 Å². The Hall–Kier alpha value is -2.50. The van der Waals surface area contributed by atoms with Crippen LogP contribution in [0.1, 0.15) is 25.3 Å². The molecule has 0 aliphatic rings. The predicted octanol–water partition coefficient (Wildman–Crippen LogP) is 5.98. The molecule has 0 bridgehead atoms. The van der Waals surface area contributed by atoms with E-state index in [1.165, 1.54) is 11.9 Å². The molecule has 0 aliphatic heterocycles. The minimum absolute atomic E-state index is 0.386. The normalized spacial score (nSPS) is 10.8. The van der Waals surface area contributed by atoms with Crippen LogP contribution in [0.15, 0.2) is 48.8 Å². The van der Waals surface area contributed by atoms with Crippen LogP contribution >= 0.6 is 23.2 Å². The fourth-order valence-electron chi connectivity index (χ4n) is 2.41. The van der Waals surface area contributed by atoms with Crippen LogP contribution in [0.5, 0.6) is 0 Å². The fourth-order valence-corrected chi connectivity index (χ4v) is 2.76. The van der Waals surface area contributed by atoms with Crippen molar-refractivity contribution in [1.82, 2.24) is 9.97 Å². The number of nitrogens with zero attached hydrogens (tertiary/aromatic N) is 2. The van der Waals surface area contributed by atoms with Gasteiger partial charge < -0.3 is 16.4 Å². The van der Waals surface area contributed by atoms with Gasteiger partial charge in [0.2, 0.25) is 0 Å². The quantitative estimate of drug-likeness (QED) is 0.502. The Kier molecular flexibility index (Phi) is 5.49. The van der Waals surface area contributed by atoms with Crippen molar-refractivity contribution in [2.75, 3.05) is 16.4 Å². The summed E-state index contributed by atoms with van der Waals surface area (Å²) < 4.78 is 0. The molecule has 0 unspecified atom stereocenters. The SMILES string of the molecule is CC(C)c1ccc(Nc2ncnc(Nc3cccc(Cl)c3Cl)c2N)cc1. The molecule has 7 heteroatoms. The van der Waals surface area contributed by atoms with Gasteiger partial charge in [-0.15, -0.1) is 0 Å². The molecule has 0 saturated heterocycles. The number of nitrogens with one attached hydrogen (secondary N) is 2. The first-order valence-electron chi connectivity index (χ1n) is 8.14. The average molecular weight is 388 g/mol. The van der Waals surface area contributed by atoms with E-state index < -0.39 is 0 Å². The molecule has 0 radical (unpaired) electrons. The third kappa shape index (κ3) is 4.00. The number of nitrogen functional groups attached to an aromatic ring is 1. The summed E-state index contributed by atoms with van der Waals surface area (Å²) in [5.74, 6) is 1.44. The van der Waals surface area contributed by atoms with E-state index in [2.05, 4.69) is 46.6 Å². The summed E-state index contributed by atoms with van der Waals surface area (Å²) in [5.41, 5.74) is 9.39. The van der Waals surface area contributed by atoms with Crippen molar-refractivity contribution in [2.45, 2.75) is 19.8 Å². The Morgan fingerprint density at radius 1 is 0.923 bits per heavy atom. The molecule has 1 aromatic heterocycles. The van der Waals surface area contributed by atoms with Crippen LogP contribution in [-0.4, -0.2) is 9.97 Å². The Balaban J connectivity index is 1.84. The van der Waals surface area contributed by atoms with Gasteiger partial charge in [-0.2, -0.15) is 0 Å². The molecule has 0 fully saturated rings. The minimum Gasteiger partial charge on any atom is -0.393 e. The molecule has 0 amide bonds. The van der Waals surface area contributed by atoms with Gasteiger partial charge >= 0.3 is 0 Å². The molecular formula is C19H19Cl2N5. The second kappa shape index (κ2) is 7.81. The molecule has 0 spiro atoms. The first-order valence-corrected chi connectivity index (χ1v) is 8.89. The highest BCUT2D eigenvalue weighted by atomic mass is 35.5. The molecular weight excluding hydrogens is 369 g/mol. The van der Waals surface area contributed by atoms with Crippen molar-refractivity contribution in [1.29, 1.82) is 0 Å². The monoisotopic (exact) mass is 387 g/mol. The lowest BCUT2D eigenvalue weighted by Gasteiger charge is -2.14. The van der Waals surface area contributed by atoms with Gasteiger partial charge in [-0.3, -0.25) is 0 Å². The maximum Gasteiger partial charge on any atom is 0.159 e. The summed E-state index contributed by atoms with van der Waals surface area (Å²) in [5, 5.41) is 7.17. The lowest BCUT2D eigenvalue weighted by molar-refractivity contribution is 0.867. The molecule has 0 saturated carbocycles. The van der Waals surface area contributed by atoms with Crippen molar-refractivity contribution in [2.24, 2.45) is 0 Å². The van der Waals surface area contributed by atoms with E-state index in [0.717, 1.165) is 5.69 Å². The molecule has 3 aromatic rings. The third-order valence-corrected chi connectivity index (χ3v) is 4.75. The van der Waals surface area contributed by atoms with E-state index in [1.807, 2.05) is 12.1 Å². The zero-order chi connectivity index (χ0) is 18.7. The number of hydrogen-bond acceptors (Lipinski definition) is 5. The van der Waals surface area contributed by atoms with Crippen LogP contribution in [0.4, 0.5) is 28.7 Å². The lowest BCUT2D eigenvalue weighted by atomic mass is 10.0. The van der Waals surface area contributed by atoms with Gasteiger partial charge in [-0.1, -0.05) is 55.2 Å². The molecule has 1 heterocycles. The highest BCUT2D eigenvalue weighted by Crippen LogP contribution is 2.34. The van der Waals surface area contributed by atoms with Crippen LogP contribution in [0, 0.1) is 0 Å². The highest BCUT2D eigenvalue weighted by Gasteiger charge is 2.11. The van der Waals surface area contributed by atoms with Crippen LogP contribution in [0.3, 0.4) is 0 Å². The number of nitrogens with two attached hydrogens (primary N) is 1. The first kappa shape index (κ1) is 18.3. The molecule has 0 atom stereocenters. The van der Waals surface area contributed by atoms with Gasteiger partial charge in [-0.25, -0.2) is 9.97 Å². The second-order valence-electron chi connectivity index (χ2n) is 6.11. The number of anilines is 5. The Labute approximate surface area is 162 Å². The maximum absolute atomic E-state index is 6.22. The standard InChI is InChI=1S/C19H19Cl2N5/c1-11(2)12-6-8-13(9-7-12)25-18-17(22)19(24-10-23-18)26-15-5-3-4-14(20)16(15)21/h3-11H,22H2,1-2H3,(H2,23,24,25,26). The van der Waals surface area contributed by atoms with Crippen molar-refractivity contribution in [3.63, 3.8) is 0 Å². The summed E-state index contributed by atoms with van der Waals surface area (Å²) >= 11 is 12.3.